The summed E-state index contributed by atoms with van der Waals surface area (Å²) >= 11 is 3.13. The highest BCUT2D eigenvalue weighted by Crippen LogP contribution is 2.28. The van der Waals surface area contributed by atoms with Crippen LogP contribution in [-0.2, 0) is 10.0 Å². The molecule has 0 unspecified atom stereocenters. The van der Waals surface area contributed by atoms with Crippen LogP contribution < -0.4 is 9.46 Å². The Morgan fingerprint density at radius 1 is 1.17 bits per heavy atom. The van der Waals surface area contributed by atoms with Crippen LogP contribution in [-0.4, -0.2) is 15.0 Å². The normalized spacial score (nSPS) is 11.3. The first kappa shape index (κ1) is 17.7. The zero-order valence-electron chi connectivity index (χ0n) is 12.6. The maximum Gasteiger partial charge on any atom is 0.262 e. The van der Waals surface area contributed by atoms with Crippen LogP contribution in [0.25, 0.3) is 0 Å². The molecule has 0 radical (unpaired) electrons. The molecule has 0 bridgehead atoms. The van der Waals surface area contributed by atoms with Crippen molar-refractivity contribution in [1.29, 1.82) is 0 Å². The third kappa shape index (κ3) is 4.68. The number of rotatable bonds is 7. The highest BCUT2D eigenvalue weighted by atomic mass is 79.9. The summed E-state index contributed by atoms with van der Waals surface area (Å²) in [7, 11) is -3.88. The minimum Gasteiger partial charge on any atom is -0.494 e. The maximum absolute atomic E-state index is 13.8. The van der Waals surface area contributed by atoms with Gasteiger partial charge in [-0.25, -0.2) is 12.8 Å². The second-order valence-electron chi connectivity index (χ2n) is 4.88. The zero-order valence-corrected chi connectivity index (χ0v) is 15.0. The van der Waals surface area contributed by atoms with Crippen LogP contribution in [0, 0.1) is 5.82 Å². The fourth-order valence-corrected chi connectivity index (χ4v) is 3.50. The molecule has 2 aromatic rings. The number of sulfonamides is 1. The maximum atomic E-state index is 13.8. The first-order chi connectivity index (χ1) is 10.9. The van der Waals surface area contributed by atoms with E-state index in [1.807, 2.05) is 0 Å². The van der Waals surface area contributed by atoms with Crippen molar-refractivity contribution in [2.75, 3.05) is 11.3 Å². The second-order valence-corrected chi connectivity index (χ2v) is 7.41. The first-order valence-electron chi connectivity index (χ1n) is 7.13. The van der Waals surface area contributed by atoms with Gasteiger partial charge in [-0.2, -0.15) is 0 Å². The van der Waals surface area contributed by atoms with Crippen molar-refractivity contribution in [1.82, 2.24) is 0 Å². The summed E-state index contributed by atoms with van der Waals surface area (Å²) in [6.45, 7) is 2.65. The van der Waals surface area contributed by atoms with Gasteiger partial charge < -0.3 is 4.74 Å². The molecule has 1 N–H and O–H groups in total. The summed E-state index contributed by atoms with van der Waals surface area (Å²) in [5.74, 6) is -0.0491. The molecular formula is C16H17BrFNO3S. The molecule has 0 amide bonds. The van der Waals surface area contributed by atoms with E-state index in [4.69, 9.17) is 4.74 Å². The molecule has 0 atom stereocenters. The van der Waals surface area contributed by atoms with Crippen LogP contribution in [0.5, 0.6) is 5.75 Å². The van der Waals surface area contributed by atoms with Gasteiger partial charge in [0, 0.05) is 4.47 Å². The van der Waals surface area contributed by atoms with Crippen LogP contribution in [0.15, 0.2) is 51.8 Å². The number of unbranched alkanes of at least 4 members (excludes halogenated alkanes) is 1. The van der Waals surface area contributed by atoms with E-state index in [2.05, 4.69) is 27.6 Å². The zero-order chi connectivity index (χ0) is 16.9. The number of hydrogen-bond donors (Lipinski definition) is 1. The van der Waals surface area contributed by atoms with Gasteiger partial charge in [0.2, 0.25) is 0 Å². The highest BCUT2D eigenvalue weighted by Gasteiger charge is 2.18. The number of benzene rings is 2. The Morgan fingerprint density at radius 2 is 1.87 bits per heavy atom. The monoisotopic (exact) mass is 401 g/mol. The lowest BCUT2D eigenvalue weighted by molar-refractivity contribution is 0.309. The van der Waals surface area contributed by atoms with Gasteiger partial charge in [0.15, 0.2) is 0 Å². The number of para-hydroxylation sites is 1. The van der Waals surface area contributed by atoms with Crippen molar-refractivity contribution < 1.29 is 17.5 Å². The highest BCUT2D eigenvalue weighted by molar-refractivity contribution is 9.10. The fourth-order valence-electron chi connectivity index (χ4n) is 1.84. The third-order valence-electron chi connectivity index (χ3n) is 3.10. The van der Waals surface area contributed by atoms with Crippen LogP contribution in [0.1, 0.15) is 19.8 Å². The average molecular weight is 402 g/mol. The van der Waals surface area contributed by atoms with Gasteiger partial charge in [-0.3, -0.25) is 4.72 Å². The summed E-state index contributed by atoms with van der Waals surface area (Å²) in [6.07, 6.45) is 1.96. The van der Waals surface area contributed by atoms with Gasteiger partial charge >= 0.3 is 0 Å². The van der Waals surface area contributed by atoms with Crippen molar-refractivity contribution >= 4 is 31.6 Å². The Morgan fingerprint density at radius 3 is 2.48 bits per heavy atom. The van der Waals surface area contributed by atoms with E-state index in [0.29, 0.717) is 16.8 Å². The number of hydrogen-bond acceptors (Lipinski definition) is 3. The van der Waals surface area contributed by atoms with E-state index < -0.39 is 15.8 Å². The standard InChI is InChI=1S/C16H17BrFNO3S/c1-2-3-11-22-12-7-9-13(10-8-12)23(20,21)19-16-14(17)5-4-6-15(16)18/h4-10,19H,2-3,11H2,1H3. The van der Waals surface area contributed by atoms with E-state index in [9.17, 15) is 12.8 Å². The lowest BCUT2D eigenvalue weighted by Crippen LogP contribution is -2.14. The van der Waals surface area contributed by atoms with Gasteiger partial charge in [-0.05, 0) is 58.7 Å². The van der Waals surface area contributed by atoms with Crippen LogP contribution in [0.3, 0.4) is 0 Å². The molecule has 0 aromatic heterocycles. The fraction of sp³-hybridized carbons (Fsp3) is 0.250. The molecule has 124 valence electrons. The van der Waals surface area contributed by atoms with E-state index in [1.165, 1.54) is 24.3 Å². The van der Waals surface area contributed by atoms with Crippen LogP contribution in [0.2, 0.25) is 0 Å². The van der Waals surface area contributed by atoms with Crippen LogP contribution >= 0.6 is 15.9 Å². The summed E-state index contributed by atoms with van der Waals surface area (Å²) in [5, 5.41) is 0. The van der Waals surface area contributed by atoms with Gasteiger partial charge in [0.1, 0.15) is 11.6 Å². The summed E-state index contributed by atoms with van der Waals surface area (Å²) in [4.78, 5) is 0.0375. The molecule has 0 aliphatic carbocycles. The lowest BCUT2D eigenvalue weighted by atomic mass is 10.3. The predicted octanol–water partition coefficient (Wildman–Crippen LogP) is 4.57. The molecule has 0 saturated heterocycles. The molecular weight excluding hydrogens is 385 g/mol. The van der Waals surface area contributed by atoms with Crippen molar-refractivity contribution in [2.45, 2.75) is 24.7 Å². The largest absolute Gasteiger partial charge is 0.494 e. The molecule has 2 rings (SSSR count). The molecule has 0 fully saturated rings. The molecule has 0 aliphatic rings. The lowest BCUT2D eigenvalue weighted by Gasteiger charge is -2.11. The summed E-state index contributed by atoms with van der Waals surface area (Å²) in [5.41, 5.74) is -0.115. The Labute approximate surface area is 143 Å². The number of ether oxygens (including phenoxy) is 1. The number of halogens is 2. The predicted molar refractivity (Wildman–Crippen MR) is 91.8 cm³/mol. The van der Waals surface area contributed by atoms with Crippen molar-refractivity contribution in [2.24, 2.45) is 0 Å². The van der Waals surface area contributed by atoms with Gasteiger partial charge in [-0.1, -0.05) is 19.4 Å². The topological polar surface area (TPSA) is 55.4 Å². The second kappa shape index (κ2) is 7.79. The van der Waals surface area contributed by atoms with E-state index in [0.717, 1.165) is 12.8 Å². The molecule has 23 heavy (non-hydrogen) atoms. The van der Waals surface area contributed by atoms with E-state index >= 15 is 0 Å². The van der Waals surface area contributed by atoms with Gasteiger partial charge in [0.05, 0.1) is 17.2 Å². The van der Waals surface area contributed by atoms with Gasteiger partial charge in [-0.15, -0.1) is 0 Å². The molecule has 2 aromatic carbocycles. The number of nitrogens with one attached hydrogen (secondary N) is 1. The van der Waals surface area contributed by atoms with Crippen molar-refractivity contribution in [3.8, 4) is 5.75 Å². The Hall–Kier alpha value is -1.60. The minimum atomic E-state index is -3.88. The first-order valence-corrected chi connectivity index (χ1v) is 9.41. The third-order valence-corrected chi connectivity index (χ3v) is 5.13. The van der Waals surface area contributed by atoms with E-state index in [1.54, 1.807) is 18.2 Å². The van der Waals surface area contributed by atoms with Gasteiger partial charge in [0.25, 0.3) is 10.0 Å². The number of anilines is 1. The van der Waals surface area contributed by atoms with Crippen LogP contribution in [0.4, 0.5) is 10.1 Å². The Balaban J connectivity index is 2.16. The summed E-state index contributed by atoms with van der Waals surface area (Å²) < 4.78 is 46.5. The Kier molecular flexibility index (Phi) is 6.01. The average Bonchev–Trinajstić information content (AvgIpc) is 2.52. The quantitative estimate of drug-likeness (QED) is 0.691. The minimum absolute atomic E-state index is 0.0375. The molecule has 0 spiro atoms. The summed E-state index contributed by atoms with van der Waals surface area (Å²) in [6, 6.07) is 10.3. The smallest absolute Gasteiger partial charge is 0.262 e. The SMILES string of the molecule is CCCCOc1ccc(S(=O)(=O)Nc2c(F)cccc2Br)cc1. The molecule has 0 aliphatic heterocycles. The van der Waals surface area contributed by atoms with Crippen molar-refractivity contribution in [3.05, 3.63) is 52.8 Å². The van der Waals surface area contributed by atoms with E-state index in [-0.39, 0.29) is 10.6 Å². The molecule has 4 nitrogen and oxygen atoms in total. The Bertz CT molecular complexity index is 743. The van der Waals surface area contributed by atoms with Crippen molar-refractivity contribution in [3.63, 3.8) is 0 Å². The molecule has 7 heteroatoms. The molecule has 0 saturated carbocycles. The molecule has 0 heterocycles.